The fraction of sp³-hybridized carbons (Fsp3) is 0.0625. The first-order valence-electron chi connectivity index (χ1n) is 6.49. The highest BCUT2D eigenvalue weighted by atomic mass is 32.1. The van der Waals surface area contributed by atoms with Crippen molar-refractivity contribution in [2.45, 2.75) is 0 Å². The molecule has 0 spiro atoms. The molecule has 0 radical (unpaired) electrons. The van der Waals surface area contributed by atoms with Gasteiger partial charge in [-0.2, -0.15) is 5.26 Å². The number of benzene rings is 1. The summed E-state index contributed by atoms with van der Waals surface area (Å²) in [5.74, 6) is -0.594. The lowest BCUT2D eigenvalue weighted by molar-refractivity contribution is -0.116. The number of thiophene rings is 1. The van der Waals surface area contributed by atoms with Crippen LogP contribution in [0.15, 0.2) is 42.3 Å². The molecule has 0 unspecified atom stereocenters. The topological polar surface area (TPSA) is 73.2 Å². The smallest absolute Gasteiger partial charge is 0.259 e. The summed E-state index contributed by atoms with van der Waals surface area (Å²) in [4.78, 5) is 25.8. The van der Waals surface area contributed by atoms with Gasteiger partial charge in [-0.1, -0.05) is 24.8 Å². The Kier molecular flexibility index (Phi) is 3.49. The minimum absolute atomic E-state index is 0.130. The van der Waals surface area contributed by atoms with E-state index in [1.165, 1.54) is 16.2 Å². The average Bonchev–Trinajstić information content (AvgIpc) is 3.06. The van der Waals surface area contributed by atoms with E-state index in [0.717, 1.165) is 5.56 Å². The summed E-state index contributed by atoms with van der Waals surface area (Å²) < 4.78 is 0. The normalized spacial score (nSPS) is 13.0. The van der Waals surface area contributed by atoms with E-state index in [1.54, 1.807) is 29.6 Å². The zero-order valence-corrected chi connectivity index (χ0v) is 12.3. The highest BCUT2D eigenvalue weighted by Gasteiger charge is 2.31. The van der Waals surface area contributed by atoms with Gasteiger partial charge in [-0.3, -0.25) is 14.5 Å². The first-order valence-corrected chi connectivity index (χ1v) is 7.37. The third-order valence-corrected chi connectivity index (χ3v) is 4.21. The van der Waals surface area contributed by atoms with Crippen LogP contribution in [0.25, 0.3) is 5.70 Å². The molecule has 0 saturated carbocycles. The van der Waals surface area contributed by atoms with Gasteiger partial charge in [-0.05, 0) is 17.5 Å². The van der Waals surface area contributed by atoms with Gasteiger partial charge in [0.05, 0.1) is 5.56 Å². The molecule has 0 fully saturated rings. The molecule has 0 saturated heterocycles. The van der Waals surface area contributed by atoms with E-state index >= 15 is 0 Å². The zero-order valence-electron chi connectivity index (χ0n) is 11.5. The molecule has 1 aliphatic rings. The van der Waals surface area contributed by atoms with Crippen molar-refractivity contribution in [3.8, 4) is 6.07 Å². The molecule has 1 aliphatic heterocycles. The fourth-order valence-electron chi connectivity index (χ4n) is 2.31. The number of carbonyl (C=O) groups excluding carboxylic acids is 2. The fourth-order valence-corrected chi connectivity index (χ4v) is 3.06. The van der Waals surface area contributed by atoms with Gasteiger partial charge in [0.15, 0.2) is 0 Å². The second-order valence-corrected chi connectivity index (χ2v) is 5.62. The average molecular weight is 309 g/mol. The second kappa shape index (κ2) is 5.47. The predicted molar refractivity (Wildman–Crippen MR) is 84.2 cm³/mol. The Morgan fingerprint density at radius 3 is 2.73 bits per heavy atom. The highest BCUT2D eigenvalue weighted by Crippen LogP contribution is 2.31. The summed E-state index contributed by atoms with van der Waals surface area (Å²) in [5, 5.41) is 13.8. The molecule has 0 aliphatic carbocycles. The van der Waals surface area contributed by atoms with Crippen molar-refractivity contribution in [1.29, 1.82) is 5.26 Å². The standard InChI is InChI=1S/C16H11N3O2S/c1-10-12-4-2-3-5-13(12)16(21)19(10)9-14(20)18-15-11(8-17)6-7-22-15/h2-7H,1,9H2,(H,18,20). The summed E-state index contributed by atoms with van der Waals surface area (Å²) in [6, 6.07) is 10.8. The summed E-state index contributed by atoms with van der Waals surface area (Å²) in [6.07, 6.45) is 0. The van der Waals surface area contributed by atoms with Crippen molar-refractivity contribution >= 4 is 33.8 Å². The summed E-state index contributed by atoms with van der Waals surface area (Å²) in [7, 11) is 0. The number of nitrogens with zero attached hydrogens (tertiary/aromatic N) is 2. The summed E-state index contributed by atoms with van der Waals surface area (Å²) in [5.41, 5.74) is 2.22. The lowest BCUT2D eigenvalue weighted by Crippen LogP contribution is -2.32. The Bertz CT molecular complexity index is 797. The number of rotatable bonds is 3. The molecular formula is C16H11N3O2S. The van der Waals surface area contributed by atoms with Crippen LogP contribution < -0.4 is 5.32 Å². The largest absolute Gasteiger partial charge is 0.315 e. The molecular weight excluding hydrogens is 298 g/mol. The van der Waals surface area contributed by atoms with E-state index < -0.39 is 0 Å². The molecule has 1 aromatic carbocycles. The van der Waals surface area contributed by atoms with Gasteiger partial charge in [0, 0.05) is 16.8 Å². The van der Waals surface area contributed by atoms with E-state index in [0.29, 0.717) is 21.8 Å². The van der Waals surface area contributed by atoms with Crippen LogP contribution in [-0.4, -0.2) is 23.3 Å². The first kappa shape index (κ1) is 14.0. The van der Waals surface area contributed by atoms with Crippen molar-refractivity contribution in [3.05, 3.63) is 59.0 Å². The summed E-state index contributed by atoms with van der Waals surface area (Å²) in [6.45, 7) is 3.76. The Morgan fingerprint density at radius 2 is 2.05 bits per heavy atom. The Balaban J connectivity index is 1.75. The van der Waals surface area contributed by atoms with Gasteiger partial charge >= 0.3 is 0 Å². The molecule has 3 rings (SSSR count). The monoisotopic (exact) mass is 309 g/mol. The van der Waals surface area contributed by atoms with Gasteiger partial charge < -0.3 is 5.32 Å². The maximum Gasteiger partial charge on any atom is 0.259 e. The molecule has 5 nitrogen and oxygen atoms in total. The van der Waals surface area contributed by atoms with Crippen molar-refractivity contribution in [3.63, 3.8) is 0 Å². The maximum absolute atomic E-state index is 12.3. The van der Waals surface area contributed by atoms with Gasteiger partial charge in [0.25, 0.3) is 5.91 Å². The maximum atomic E-state index is 12.3. The minimum atomic E-state index is -0.360. The number of nitriles is 1. The lowest BCUT2D eigenvalue weighted by atomic mass is 10.1. The van der Waals surface area contributed by atoms with Crippen LogP contribution in [0.3, 0.4) is 0 Å². The van der Waals surface area contributed by atoms with Crippen LogP contribution >= 0.6 is 11.3 Å². The lowest BCUT2D eigenvalue weighted by Gasteiger charge is -2.16. The molecule has 1 aromatic heterocycles. The second-order valence-electron chi connectivity index (χ2n) is 4.71. The van der Waals surface area contributed by atoms with E-state index in [-0.39, 0.29) is 18.4 Å². The Labute approximate surface area is 131 Å². The van der Waals surface area contributed by atoms with Crippen LogP contribution in [0.4, 0.5) is 5.00 Å². The number of fused-ring (bicyclic) bond motifs is 1. The number of carbonyl (C=O) groups is 2. The molecule has 0 atom stereocenters. The predicted octanol–water partition coefficient (Wildman–Crippen LogP) is 2.68. The minimum Gasteiger partial charge on any atom is -0.315 e. The van der Waals surface area contributed by atoms with Crippen molar-refractivity contribution in [2.75, 3.05) is 11.9 Å². The highest BCUT2D eigenvalue weighted by molar-refractivity contribution is 7.14. The molecule has 2 aromatic rings. The van der Waals surface area contributed by atoms with Gasteiger partial charge in [-0.15, -0.1) is 11.3 Å². The molecule has 6 heteroatoms. The van der Waals surface area contributed by atoms with E-state index in [9.17, 15) is 9.59 Å². The van der Waals surface area contributed by atoms with E-state index in [2.05, 4.69) is 11.9 Å². The molecule has 108 valence electrons. The quantitative estimate of drug-likeness (QED) is 0.947. The Morgan fingerprint density at radius 1 is 1.32 bits per heavy atom. The van der Waals surface area contributed by atoms with Gasteiger partial charge in [0.1, 0.15) is 17.6 Å². The van der Waals surface area contributed by atoms with Crippen molar-refractivity contribution < 1.29 is 9.59 Å². The number of hydrogen-bond acceptors (Lipinski definition) is 4. The van der Waals surface area contributed by atoms with Crippen LogP contribution in [0.2, 0.25) is 0 Å². The SMILES string of the molecule is C=C1c2ccccc2C(=O)N1CC(=O)Nc1sccc1C#N. The molecule has 1 N–H and O–H groups in total. The number of hydrogen-bond donors (Lipinski definition) is 1. The summed E-state index contributed by atoms with van der Waals surface area (Å²) >= 11 is 1.27. The number of nitrogens with one attached hydrogen (secondary N) is 1. The van der Waals surface area contributed by atoms with E-state index in [1.807, 2.05) is 12.1 Å². The van der Waals surface area contributed by atoms with Crippen LogP contribution in [0.5, 0.6) is 0 Å². The number of anilines is 1. The first-order chi connectivity index (χ1) is 10.6. The third kappa shape index (κ3) is 2.28. The van der Waals surface area contributed by atoms with E-state index in [4.69, 9.17) is 5.26 Å². The van der Waals surface area contributed by atoms with Gasteiger partial charge in [-0.25, -0.2) is 0 Å². The molecule has 22 heavy (non-hydrogen) atoms. The van der Waals surface area contributed by atoms with Crippen molar-refractivity contribution in [2.24, 2.45) is 0 Å². The third-order valence-electron chi connectivity index (χ3n) is 3.38. The number of amides is 2. The van der Waals surface area contributed by atoms with Crippen LogP contribution in [0.1, 0.15) is 21.5 Å². The van der Waals surface area contributed by atoms with Gasteiger partial charge in [0.2, 0.25) is 5.91 Å². The Hall–Kier alpha value is -2.91. The molecule has 2 amide bonds. The van der Waals surface area contributed by atoms with Crippen LogP contribution in [-0.2, 0) is 4.79 Å². The van der Waals surface area contributed by atoms with Crippen molar-refractivity contribution in [1.82, 2.24) is 4.90 Å². The molecule has 2 heterocycles. The molecule has 0 bridgehead atoms. The zero-order chi connectivity index (χ0) is 15.7. The van der Waals surface area contributed by atoms with Crippen LogP contribution in [0, 0.1) is 11.3 Å².